The average molecular weight is 255 g/mol. The molecule has 0 saturated carbocycles. The number of carbonyl (C=O) groups is 1. The Hall–Kier alpha value is -2.05. The van der Waals surface area contributed by atoms with Crippen molar-refractivity contribution in [3.8, 4) is 5.75 Å². The summed E-state index contributed by atoms with van der Waals surface area (Å²) in [5, 5.41) is 11.8. The highest BCUT2D eigenvalue weighted by atomic mass is 16.5. The van der Waals surface area contributed by atoms with Crippen LogP contribution in [0.2, 0.25) is 0 Å². The fraction of sp³-hybridized carbons (Fsp3) is 0.545. The summed E-state index contributed by atoms with van der Waals surface area (Å²) in [6.45, 7) is 3.83. The number of carboxylic acids is 1. The van der Waals surface area contributed by atoms with Crippen LogP contribution in [0.1, 0.15) is 20.3 Å². The number of rotatable bonds is 6. The van der Waals surface area contributed by atoms with Gasteiger partial charge in [0.1, 0.15) is 6.04 Å². The molecule has 0 bridgehead atoms. The van der Waals surface area contributed by atoms with Crippen molar-refractivity contribution in [2.45, 2.75) is 26.3 Å². The van der Waals surface area contributed by atoms with E-state index in [1.54, 1.807) is 0 Å². The molecule has 3 N–H and O–H groups in total. The van der Waals surface area contributed by atoms with E-state index in [2.05, 4.69) is 15.3 Å². The second-order valence-electron chi connectivity index (χ2n) is 4.28. The van der Waals surface area contributed by atoms with Gasteiger partial charge < -0.3 is 20.1 Å². The number of H-pyrrole nitrogens is 1. The number of hydrogen-bond donors (Lipinski definition) is 3. The van der Waals surface area contributed by atoms with Gasteiger partial charge >= 0.3 is 5.97 Å². The third-order valence-corrected chi connectivity index (χ3v) is 2.33. The third-order valence-electron chi connectivity index (χ3n) is 2.33. The van der Waals surface area contributed by atoms with Gasteiger partial charge in [0, 0.05) is 0 Å². The first-order valence-electron chi connectivity index (χ1n) is 5.56. The van der Waals surface area contributed by atoms with E-state index < -0.39 is 17.6 Å². The van der Waals surface area contributed by atoms with Gasteiger partial charge in [-0.05, 0) is 12.3 Å². The van der Waals surface area contributed by atoms with Crippen molar-refractivity contribution < 1.29 is 14.6 Å². The molecule has 18 heavy (non-hydrogen) atoms. The Bertz CT molecular complexity index is 470. The van der Waals surface area contributed by atoms with Crippen molar-refractivity contribution >= 4 is 11.8 Å². The van der Waals surface area contributed by atoms with Crippen LogP contribution in [0.15, 0.2) is 11.1 Å². The molecule has 0 aliphatic carbocycles. The number of aromatic amines is 1. The molecule has 0 spiro atoms. The Kier molecular flexibility index (Phi) is 4.70. The molecule has 0 aromatic carbocycles. The first-order valence-corrected chi connectivity index (χ1v) is 5.56. The first-order chi connectivity index (χ1) is 8.45. The minimum absolute atomic E-state index is 0.0208. The second-order valence-corrected chi connectivity index (χ2v) is 4.28. The third kappa shape index (κ3) is 3.47. The van der Waals surface area contributed by atoms with E-state index in [1.165, 1.54) is 13.4 Å². The number of methoxy groups -OCH3 is 1. The fourth-order valence-corrected chi connectivity index (χ4v) is 1.54. The number of aliphatic carboxylic acids is 1. The highest BCUT2D eigenvalue weighted by Crippen LogP contribution is 2.18. The molecule has 0 fully saturated rings. The lowest BCUT2D eigenvalue weighted by molar-refractivity contribution is -0.138. The summed E-state index contributed by atoms with van der Waals surface area (Å²) >= 11 is 0. The van der Waals surface area contributed by atoms with E-state index in [0.717, 1.165) is 0 Å². The molecular weight excluding hydrogens is 238 g/mol. The van der Waals surface area contributed by atoms with Crippen molar-refractivity contribution in [2.75, 3.05) is 12.4 Å². The molecule has 1 aromatic rings. The van der Waals surface area contributed by atoms with Gasteiger partial charge in [-0.3, -0.25) is 4.79 Å². The molecule has 0 radical (unpaired) electrons. The summed E-state index contributed by atoms with van der Waals surface area (Å²) in [6, 6.07) is -0.812. The predicted molar refractivity (Wildman–Crippen MR) is 65.9 cm³/mol. The molecule has 1 atom stereocenters. The van der Waals surface area contributed by atoms with Gasteiger partial charge in [-0.25, -0.2) is 9.78 Å². The zero-order valence-electron chi connectivity index (χ0n) is 10.6. The number of nitrogens with one attached hydrogen (secondary N) is 2. The van der Waals surface area contributed by atoms with Crippen LogP contribution in [-0.4, -0.2) is 34.2 Å². The number of carboxylic acid groups (broad SMARTS) is 1. The maximum Gasteiger partial charge on any atom is 0.326 e. The van der Waals surface area contributed by atoms with Crippen LogP contribution in [-0.2, 0) is 4.79 Å². The Morgan fingerprint density at radius 1 is 1.61 bits per heavy atom. The van der Waals surface area contributed by atoms with Crippen molar-refractivity contribution in [3.63, 3.8) is 0 Å². The quantitative estimate of drug-likeness (QED) is 0.690. The van der Waals surface area contributed by atoms with Crippen LogP contribution < -0.4 is 15.6 Å². The SMILES string of the molecule is COc1c(NC(CC(C)C)C(=O)O)nc[nH]c1=O. The molecule has 7 nitrogen and oxygen atoms in total. The lowest BCUT2D eigenvalue weighted by Crippen LogP contribution is -2.32. The summed E-state index contributed by atoms with van der Waals surface area (Å²) < 4.78 is 4.90. The van der Waals surface area contributed by atoms with Crippen LogP contribution in [0.4, 0.5) is 5.82 Å². The smallest absolute Gasteiger partial charge is 0.326 e. The van der Waals surface area contributed by atoms with E-state index in [-0.39, 0.29) is 17.5 Å². The maximum absolute atomic E-state index is 11.4. The Morgan fingerprint density at radius 3 is 2.78 bits per heavy atom. The molecule has 0 aliphatic heterocycles. The second kappa shape index (κ2) is 6.04. The summed E-state index contributed by atoms with van der Waals surface area (Å²) in [5.41, 5.74) is -0.455. The van der Waals surface area contributed by atoms with Gasteiger partial charge in [-0.15, -0.1) is 0 Å². The van der Waals surface area contributed by atoms with Gasteiger partial charge in [0.05, 0.1) is 13.4 Å². The van der Waals surface area contributed by atoms with Crippen molar-refractivity contribution in [3.05, 3.63) is 16.7 Å². The van der Waals surface area contributed by atoms with E-state index in [4.69, 9.17) is 9.84 Å². The van der Waals surface area contributed by atoms with Crippen LogP contribution in [0.3, 0.4) is 0 Å². The Balaban J connectivity index is 2.97. The summed E-state index contributed by atoms with van der Waals surface area (Å²) in [7, 11) is 1.33. The number of ether oxygens (including phenoxy) is 1. The number of anilines is 1. The molecule has 0 saturated heterocycles. The lowest BCUT2D eigenvalue weighted by atomic mass is 10.0. The highest BCUT2D eigenvalue weighted by molar-refractivity contribution is 5.77. The monoisotopic (exact) mass is 255 g/mol. The number of hydrogen-bond acceptors (Lipinski definition) is 5. The molecule has 1 rings (SSSR count). The molecule has 1 aromatic heterocycles. The van der Waals surface area contributed by atoms with Crippen LogP contribution >= 0.6 is 0 Å². The van der Waals surface area contributed by atoms with E-state index >= 15 is 0 Å². The van der Waals surface area contributed by atoms with Gasteiger partial charge in [0.2, 0.25) is 5.75 Å². The fourth-order valence-electron chi connectivity index (χ4n) is 1.54. The zero-order chi connectivity index (χ0) is 13.7. The van der Waals surface area contributed by atoms with Crippen LogP contribution in [0.25, 0.3) is 0 Å². The Labute approximate surface area is 104 Å². The minimum Gasteiger partial charge on any atom is -0.489 e. The number of nitrogens with zero attached hydrogens (tertiary/aromatic N) is 1. The van der Waals surface area contributed by atoms with Gasteiger partial charge in [0.15, 0.2) is 5.82 Å². The molecule has 0 aliphatic rings. The molecule has 1 heterocycles. The molecular formula is C11H17N3O4. The molecule has 0 amide bonds. The van der Waals surface area contributed by atoms with Crippen molar-refractivity contribution in [2.24, 2.45) is 5.92 Å². The van der Waals surface area contributed by atoms with Crippen molar-refractivity contribution in [1.82, 2.24) is 9.97 Å². The van der Waals surface area contributed by atoms with Gasteiger partial charge in [-0.2, -0.15) is 0 Å². The van der Waals surface area contributed by atoms with Crippen molar-refractivity contribution in [1.29, 1.82) is 0 Å². The summed E-state index contributed by atoms with van der Waals surface area (Å²) in [6.07, 6.45) is 1.62. The topological polar surface area (TPSA) is 104 Å². The summed E-state index contributed by atoms with van der Waals surface area (Å²) in [5.74, 6) is -0.679. The van der Waals surface area contributed by atoms with E-state index in [9.17, 15) is 9.59 Å². The zero-order valence-corrected chi connectivity index (χ0v) is 10.6. The summed E-state index contributed by atoms with van der Waals surface area (Å²) in [4.78, 5) is 28.8. The van der Waals surface area contributed by atoms with Crippen LogP contribution in [0.5, 0.6) is 5.75 Å². The van der Waals surface area contributed by atoms with E-state index in [1.807, 2.05) is 13.8 Å². The minimum atomic E-state index is -0.993. The van der Waals surface area contributed by atoms with Gasteiger partial charge in [0.25, 0.3) is 5.56 Å². The Morgan fingerprint density at radius 2 is 2.28 bits per heavy atom. The number of aromatic nitrogens is 2. The predicted octanol–water partition coefficient (Wildman–Crippen LogP) is 0.690. The average Bonchev–Trinajstić information content (AvgIpc) is 2.27. The molecule has 100 valence electrons. The molecule has 1 unspecified atom stereocenters. The van der Waals surface area contributed by atoms with Gasteiger partial charge in [-0.1, -0.05) is 13.8 Å². The lowest BCUT2D eigenvalue weighted by Gasteiger charge is -2.17. The first kappa shape index (κ1) is 14.0. The maximum atomic E-state index is 11.4. The van der Waals surface area contributed by atoms with E-state index in [0.29, 0.717) is 6.42 Å². The largest absolute Gasteiger partial charge is 0.489 e. The molecule has 7 heteroatoms. The normalized spacial score (nSPS) is 12.2. The van der Waals surface area contributed by atoms with Crippen LogP contribution in [0, 0.1) is 5.92 Å². The highest BCUT2D eigenvalue weighted by Gasteiger charge is 2.21. The standard InChI is InChI=1S/C11H17N3O4/c1-6(2)4-7(11(16)17)14-9-8(18-3)10(15)13-5-12-9/h5-7H,4H2,1-3H3,(H,16,17)(H2,12,13,14,15).